The number of hydrogen-bond donors (Lipinski definition) is 2. The van der Waals surface area contributed by atoms with Gasteiger partial charge in [0, 0.05) is 12.3 Å². The molecule has 0 saturated heterocycles. The highest BCUT2D eigenvalue weighted by Crippen LogP contribution is 2.19. The molecule has 2 aromatic rings. The highest BCUT2D eigenvalue weighted by atomic mass is 16.5. The summed E-state index contributed by atoms with van der Waals surface area (Å²) in [6, 6.07) is 7.15. The van der Waals surface area contributed by atoms with Gasteiger partial charge in [0.25, 0.3) is 0 Å². The van der Waals surface area contributed by atoms with Crippen LogP contribution in [0.1, 0.15) is 5.69 Å². The second-order valence-corrected chi connectivity index (χ2v) is 3.36. The summed E-state index contributed by atoms with van der Waals surface area (Å²) in [4.78, 5) is 4.20. The third kappa shape index (κ3) is 2.81. The number of methoxy groups -OCH3 is 1. The van der Waals surface area contributed by atoms with Gasteiger partial charge in [0.05, 0.1) is 25.0 Å². The molecule has 2 heterocycles. The predicted octanol–water partition coefficient (Wildman–Crippen LogP) is 1.07. The highest BCUT2D eigenvalue weighted by Gasteiger charge is 2.03. The van der Waals surface area contributed by atoms with Crippen LogP contribution >= 0.6 is 0 Å². The molecule has 3 N–H and O–H groups in total. The molecule has 0 radical (unpaired) electrons. The quantitative estimate of drug-likeness (QED) is 0.818. The first kappa shape index (κ1) is 11.1. The molecule has 0 saturated carbocycles. The summed E-state index contributed by atoms with van der Waals surface area (Å²) in [7, 11) is 1.56. The van der Waals surface area contributed by atoms with E-state index in [-0.39, 0.29) is 0 Å². The Bertz CT molecular complexity index is 488. The molecular formula is C11H13N5O. The molecule has 6 nitrogen and oxygen atoms in total. The van der Waals surface area contributed by atoms with Crippen LogP contribution in [0.15, 0.2) is 30.5 Å². The van der Waals surface area contributed by atoms with Crippen LogP contribution in [0.5, 0.6) is 5.88 Å². The van der Waals surface area contributed by atoms with Crippen molar-refractivity contribution in [2.45, 2.75) is 6.54 Å². The maximum Gasteiger partial charge on any atom is 0.215 e. The Kier molecular flexibility index (Phi) is 3.34. The monoisotopic (exact) mass is 231 g/mol. The van der Waals surface area contributed by atoms with E-state index in [1.54, 1.807) is 25.4 Å². The molecule has 17 heavy (non-hydrogen) atoms. The Hall–Kier alpha value is -2.37. The molecule has 0 fully saturated rings. The zero-order valence-corrected chi connectivity index (χ0v) is 9.42. The average Bonchev–Trinajstić information content (AvgIpc) is 2.39. The standard InChI is InChI=1S/C11H13N5O/c1-17-10-5-4-9(12)11(15-10)13-7-8-3-2-6-14-16-8/h2-6H,7,12H2,1H3,(H,13,15). The van der Waals surface area contributed by atoms with Gasteiger partial charge in [-0.2, -0.15) is 15.2 Å². The van der Waals surface area contributed by atoms with E-state index < -0.39 is 0 Å². The third-order valence-electron chi connectivity index (χ3n) is 2.17. The Labute approximate surface area is 98.8 Å². The van der Waals surface area contributed by atoms with Gasteiger partial charge in [-0.3, -0.25) is 0 Å². The minimum Gasteiger partial charge on any atom is -0.481 e. The van der Waals surface area contributed by atoms with Crippen LogP contribution in [0.4, 0.5) is 11.5 Å². The smallest absolute Gasteiger partial charge is 0.215 e. The van der Waals surface area contributed by atoms with Crippen molar-refractivity contribution in [2.24, 2.45) is 0 Å². The first-order chi connectivity index (χ1) is 8.29. The zero-order chi connectivity index (χ0) is 12.1. The van der Waals surface area contributed by atoms with Gasteiger partial charge in [-0.05, 0) is 18.2 Å². The summed E-state index contributed by atoms with van der Waals surface area (Å²) < 4.78 is 5.03. The number of hydrogen-bond acceptors (Lipinski definition) is 6. The molecule has 0 amide bonds. The summed E-state index contributed by atoms with van der Waals surface area (Å²) in [5.74, 6) is 1.09. The number of nitrogens with one attached hydrogen (secondary N) is 1. The maximum atomic E-state index is 5.79. The van der Waals surface area contributed by atoms with Crippen molar-refractivity contribution < 1.29 is 4.74 Å². The van der Waals surface area contributed by atoms with Crippen LogP contribution in [-0.4, -0.2) is 22.3 Å². The zero-order valence-electron chi connectivity index (χ0n) is 9.42. The fourth-order valence-corrected chi connectivity index (χ4v) is 1.31. The molecule has 2 aromatic heterocycles. The molecule has 0 unspecified atom stereocenters. The fourth-order valence-electron chi connectivity index (χ4n) is 1.31. The number of pyridine rings is 1. The minimum absolute atomic E-state index is 0.512. The van der Waals surface area contributed by atoms with Gasteiger partial charge < -0.3 is 15.8 Å². The van der Waals surface area contributed by atoms with Gasteiger partial charge in [0.15, 0.2) is 5.82 Å². The molecule has 0 atom stereocenters. The van der Waals surface area contributed by atoms with E-state index in [9.17, 15) is 0 Å². The minimum atomic E-state index is 0.512. The molecule has 0 aliphatic heterocycles. The molecule has 0 aromatic carbocycles. The highest BCUT2D eigenvalue weighted by molar-refractivity contribution is 5.61. The summed E-state index contributed by atoms with van der Waals surface area (Å²) in [5, 5.41) is 10.8. The van der Waals surface area contributed by atoms with E-state index in [0.29, 0.717) is 23.9 Å². The summed E-state index contributed by atoms with van der Waals surface area (Å²) >= 11 is 0. The predicted molar refractivity (Wildman–Crippen MR) is 64.6 cm³/mol. The van der Waals surface area contributed by atoms with E-state index in [1.807, 2.05) is 12.1 Å². The Morgan fingerprint density at radius 3 is 2.94 bits per heavy atom. The van der Waals surface area contributed by atoms with Crippen molar-refractivity contribution in [3.05, 3.63) is 36.2 Å². The van der Waals surface area contributed by atoms with Gasteiger partial charge >= 0.3 is 0 Å². The number of aromatic nitrogens is 3. The van der Waals surface area contributed by atoms with Crippen molar-refractivity contribution >= 4 is 11.5 Å². The van der Waals surface area contributed by atoms with Crippen molar-refractivity contribution in [3.8, 4) is 5.88 Å². The normalized spacial score (nSPS) is 9.94. The lowest BCUT2D eigenvalue weighted by Crippen LogP contribution is -2.06. The first-order valence-electron chi connectivity index (χ1n) is 5.10. The van der Waals surface area contributed by atoms with Crippen LogP contribution < -0.4 is 15.8 Å². The van der Waals surface area contributed by atoms with Crippen LogP contribution in [0, 0.1) is 0 Å². The van der Waals surface area contributed by atoms with Crippen molar-refractivity contribution in [1.29, 1.82) is 0 Å². The lowest BCUT2D eigenvalue weighted by molar-refractivity contribution is 0.398. The summed E-state index contributed by atoms with van der Waals surface area (Å²) in [6.45, 7) is 0.512. The number of nitrogens with zero attached hydrogens (tertiary/aromatic N) is 3. The molecule has 88 valence electrons. The molecule has 6 heteroatoms. The number of ether oxygens (including phenoxy) is 1. The van der Waals surface area contributed by atoms with Gasteiger partial charge in [-0.15, -0.1) is 0 Å². The van der Waals surface area contributed by atoms with E-state index in [2.05, 4.69) is 20.5 Å². The van der Waals surface area contributed by atoms with Crippen LogP contribution in [0.3, 0.4) is 0 Å². The molecule has 2 rings (SSSR count). The second kappa shape index (κ2) is 5.11. The van der Waals surface area contributed by atoms with Crippen molar-refractivity contribution in [1.82, 2.24) is 15.2 Å². The third-order valence-corrected chi connectivity index (χ3v) is 2.17. The Morgan fingerprint density at radius 1 is 1.35 bits per heavy atom. The van der Waals surface area contributed by atoms with E-state index in [1.165, 1.54) is 0 Å². The van der Waals surface area contributed by atoms with Gasteiger partial charge in [0.1, 0.15) is 0 Å². The molecule has 0 bridgehead atoms. The van der Waals surface area contributed by atoms with Crippen molar-refractivity contribution in [3.63, 3.8) is 0 Å². The number of rotatable bonds is 4. The summed E-state index contributed by atoms with van der Waals surface area (Å²) in [5.41, 5.74) is 7.17. The van der Waals surface area contributed by atoms with Crippen LogP contribution in [-0.2, 0) is 6.54 Å². The molecule has 0 spiro atoms. The van der Waals surface area contributed by atoms with Gasteiger partial charge in [0.2, 0.25) is 5.88 Å². The van der Waals surface area contributed by atoms with E-state index in [4.69, 9.17) is 10.5 Å². The van der Waals surface area contributed by atoms with Crippen LogP contribution in [0.25, 0.3) is 0 Å². The number of nitrogens with two attached hydrogens (primary N) is 1. The number of nitrogen functional groups attached to an aromatic ring is 1. The Morgan fingerprint density at radius 2 is 2.24 bits per heavy atom. The topological polar surface area (TPSA) is 86.0 Å². The Balaban J connectivity index is 2.08. The second-order valence-electron chi connectivity index (χ2n) is 3.36. The largest absolute Gasteiger partial charge is 0.481 e. The maximum absolute atomic E-state index is 5.79. The summed E-state index contributed by atoms with van der Waals surface area (Å²) in [6.07, 6.45) is 1.63. The van der Waals surface area contributed by atoms with Crippen molar-refractivity contribution in [2.75, 3.05) is 18.2 Å². The van der Waals surface area contributed by atoms with E-state index in [0.717, 1.165) is 5.69 Å². The lowest BCUT2D eigenvalue weighted by atomic mass is 10.3. The van der Waals surface area contributed by atoms with Gasteiger partial charge in [-0.25, -0.2) is 0 Å². The first-order valence-corrected chi connectivity index (χ1v) is 5.10. The fraction of sp³-hybridized carbons (Fsp3) is 0.182. The molecular weight excluding hydrogens is 218 g/mol. The van der Waals surface area contributed by atoms with Gasteiger partial charge in [-0.1, -0.05) is 0 Å². The van der Waals surface area contributed by atoms with Crippen LogP contribution in [0.2, 0.25) is 0 Å². The molecule has 0 aliphatic rings. The SMILES string of the molecule is COc1ccc(N)c(NCc2cccnn2)n1. The number of anilines is 2. The van der Waals surface area contributed by atoms with E-state index >= 15 is 0 Å². The lowest BCUT2D eigenvalue weighted by Gasteiger charge is -2.08. The average molecular weight is 231 g/mol. The molecule has 0 aliphatic carbocycles.